The molecular weight excluding hydrogens is 1050 g/mol. The van der Waals surface area contributed by atoms with Crippen molar-refractivity contribution in [3.8, 4) is 0 Å². The molecule has 12 atom stereocenters. The molecule has 21 nitrogen and oxygen atoms in total. The average molecular weight is 1140 g/mol. The normalized spacial score (nSPS) is 23.9. The molecule has 446 valence electrons. The first-order valence-corrected chi connectivity index (χ1v) is 29.3. The highest BCUT2D eigenvalue weighted by Gasteiger charge is 2.50. The number of aliphatic hydroxyl groups excluding tert-OH is 2. The molecule has 0 aromatic heterocycles. The second-order valence-electron chi connectivity index (χ2n) is 22.0. The molecule has 0 radical (unpaired) electrons. The van der Waals surface area contributed by atoms with Crippen LogP contribution >= 0.6 is 0 Å². The molecule has 7 rings (SSSR count). The van der Waals surface area contributed by atoms with Crippen molar-refractivity contribution < 1.29 is 58.0 Å². The number of carbonyl (C=O) groups excluding carboxylic acids is 8. The number of hydrogen-bond donors (Lipinski definition) is 9. The molecule has 21 heteroatoms. The Morgan fingerprint density at radius 2 is 0.988 bits per heavy atom. The van der Waals surface area contributed by atoms with Crippen molar-refractivity contribution in [2.24, 2.45) is 11.8 Å². The summed E-state index contributed by atoms with van der Waals surface area (Å²) in [6, 6.07) is 18.3. The molecule has 4 heterocycles. The van der Waals surface area contributed by atoms with Crippen molar-refractivity contribution in [2.45, 2.75) is 165 Å². The van der Waals surface area contributed by atoms with E-state index in [2.05, 4.69) is 37.2 Å². The molecule has 4 fully saturated rings. The third-order valence-corrected chi connectivity index (χ3v) is 16.8. The van der Waals surface area contributed by atoms with Crippen molar-refractivity contribution in [2.75, 3.05) is 47.1 Å². The van der Waals surface area contributed by atoms with E-state index in [1.165, 1.54) is 0 Å². The molecule has 0 spiro atoms. The Morgan fingerprint density at radius 1 is 0.561 bits per heavy atom. The summed E-state index contributed by atoms with van der Waals surface area (Å²) in [7, 11) is 3.34. The highest BCUT2D eigenvalue weighted by Crippen LogP contribution is 2.36. The molecule has 9 N–H and O–H groups in total. The molecule has 82 heavy (non-hydrogen) atoms. The van der Waals surface area contributed by atoms with Gasteiger partial charge in [-0.3, -0.25) is 38.4 Å². The van der Waals surface area contributed by atoms with Crippen molar-refractivity contribution in [1.82, 2.24) is 47.0 Å². The summed E-state index contributed by atoms with van der Waals surface area (Å²) in [6.45, 7) is 4.32. The number of nitrogens with zero attached hydrogens (tertiary/aromatic N) is 2. The van der Waals surface area contributed by atoms with E-state index in [9.17, 15) is 48.6 Å². The van der Waals surface area contributed by atoms with Gasteiger partial charge in [-0.05, 0) is 107 Å². The lowest BCUT2D eigenvalue weighted by Crippen LogP contribution is -2.59. The van der Waals surface area contributed by atoms with E-state index in [4.69, 9.17) is 9.47 Å². The van der Waals surface area contributed by atoms with Crippen molar-refractivity contribution >= 4 is 47.1 Å². The summed E-state index contributed by atoms with van der Waals surface area (Å²) in [6.07, 6.45) is 5.64. The van der Waals surface area contributed by atoms with Gasteiger partial charge in [-0.2, -0.15) is 0 Å². The molecule has 3 aromatic carbocycles. The predicted molar refractivity (Wildman–Crippen MR) is 305 cm³/mol. The van der Waals surface area contributed by atoms with Crippen LogP contribution in [0, 0.1) is 11.8 Å². The van der Waals surface area contributed by atoms with Crippen LogP contribution in [0.5, 0.6) is 0 Å². The quantitative estimate of drug-likeness (QED) is 0.0452. The van der Waals surface area contributed by atoms with Crippen LogP contribution < -0.4 is 37.2 Å². The third-order valence-electron chi connectivity index (χ3n) is 16.8. The van der Waals surface area contributed by atoms with Crippen molar-refractivity contribution in [1.29, 1.82) is 0 Å². The maximum absolute atomic E-state index is 14.2. The Balaban J connectivity index is 0.851. The number of ketones is 1. The van der Waals surface area contributed by atoms with Crippen LogP contribution in [0.4, 0.5) is 0 Å². The van der Waals surface area contributed by atoms with Gasteiger partial charge in [0.2, 0.25) is 41.4 Å². The number of ether oxygens (including phenoxy) is 2. The summed E-state index contributed by atoms with van der Waals surface area (Å²) in [5.41, 5.74) is 2.98. The van der Waals surface area contributed by atoms with Gasteiger partial charge in [0.05, 0.1) is 31.9 Å². The standard InChI is InChI=1S/C61H85N9O12/c1-5-46(62-3)55(74)67-53-42(34-71)23-25-44-27-29-48(69(44)60(53)79)57(76)65-51(40-14-9-7-10-15-40)50(73)18-13-32-81-36-38-19-21-39(22-20-38)37-82-33-31-64-59(78)52(41-16-11-8-12-17-41)66-58(77)49-30-28-45-26-24-43(35-72)54(61(80)70(45)49)68-56(75)47(6-2)63-4/h7-12,14-17,19-22,42-49,51-54,62-63,71-72H,5-6,13,18,23-37H2,1-4H3,(H,64,78)(H,65,76)(H,66,77)(H,67,74)(H,68,75)/t42-,43-,44+,45+,46+,47+,48+,49+,51+,52+,53+,54+/m1/s1. The van der Waals surface area contributed by atoms with E-state index in [0.29, 0.717) is 88.4 Å². The fraction of sp³-hybridized carbons (Fsp3) is 0.574. The second kappa shape index (κ2) is 31.2. The molecule has 0 unspecified atom stereocenters. The molecule has 4 aliphatic rings. The van der Waals surface area contributed by atoms with Gasteiger partial charge in [-0.15, -0.1) is 0 Å². The molecule has 0 bridgehead atoms. The van der Waals surface area contributed by atoms with Gasteiger partial charge in [0, 0.05) is 56.7 Å². The lowest BCUT2D eigenvalue weighted by Gasteiger charge is -2.33. The lowest BCUT2D eigenvalue weighted by molar-refractivity contribution is -0.144. The SMILES string of the molecule is CC[C@H](NC)C(=O)N[C@@H]1C(=O)N2[C@@H](CC[C@@H]1CO)CC[C@H]2C(=O)N[C@H](C(=O)CCCOCc1ccc(COCCNC(=O)[C@@H](NC(=O)[C@@H]2CC[C@@H]3CC[C@H](CO)[C@H](NC(=O)[C@H](CC)NC)C(=O)N32)c2ccccc2)cc1)c1ccccc1. The number of nitrogens with one attached hydrogen (secondary N) is 7. The number of amides is 7. The summed E-state index contributed by atoms with van der Waals surface area (Å²) < 4.78 is 11.9. The Kier molecular flexibility index (Phi) is 23.9. The van der Waals surface area contributed by atoms with Crippen LogP contribution in [0.2, 0.25) is 0 Å². The Labute approximate surface area is 481 Å². The van der Waals surface area contributed by atoms with E-state index in [1.807, 2.05) is 50.2 Å². The van der Waals surface area contributed by atoms with Crippen molar-refractivity contribution in [3.63, 3.8) is 0 Å². The first-order chi connectivity index (χ1) is 39.7. The third kappa shape index (κ3) is 15.9. The van der Waals surface area contributed by atoms with Crippen LogP contribution in [-0.2, 0) is 61.0 Å². The minimum absolute atomic E-state index is 0.125. The zero-order valence-electron chi connectivity index (χ0n) is 47.8. The fourth-order valence-electron chi connectivity index (χ4n) is 12.1. The summed E-state index contributed by atoms with van der Waals surface area (Å²) in [5, 5.41) is 40.9. The van der Waals surface area contributed by atoms with E-state index >= 15 is 0 Å². The number of likely N-dealkylation sites (N-methyl/N-ethyl adjacent to an activating group) is 2. The van der Waals surface area contributed by atoms with E-state index in [-0.39, 0.29) is 75.7 Å². The number of aliphatic hydroxyl groups is 2. The second-order valence-corrected chi connectivity index (χ2v) is 22.0. The van der Waals surface area contributed by atoms with E-state index < -0.39 is 89.7 Å². The lowest BCUT2D eigenvalue weighted by atomic mass is 9.93. The van der Waals surface area contributed by atoms with Crippen LogP contribution in [0.3, 0.4) is 0 Å². The van der Waals surface area contributed by atoms with Gasteiger partial charge < -0.3 is 66.7 Å². The van der Waals surface area contributed by atoms with E-state index in [1.54, 1.807) is 72.4 Å². The van der Waals surface area contributed by atoms with Gasteiger partial charge in [0.1, 0.15) is 36.3 Å². The average Bonchev–Trinajstić information content (AvgIpc) is 3.90. The number of rotatable bonds is 29. The Morgan fingerprint density at radius 3 is 1.43 bits per heavy atom. The summed E-state index contributed by atoms with van der Waals surface area (Å²) in [5.74, 6) is -4.09. The van der Waals surface area contributed by atoms with Crippen LogP contribution in [0.25, 0.3) is 0 Å². The van der Waals surface area contributed by atoms with Gasteiger partial charge in [-0.1, -0.05) is 98.8 Å². The van der Waals surface area contributed by atoms with Crippen LogP contribution in [0.1, 0.15) is 125 Å². The molecule has 0 saturated carbocycles. The van der Waals surface area contributed by atoms with Crippen LogP contribution in [-0.4, -0.2) is 163 Å². The van der Waals surface area contributed by atoms with Gasteiger partial charge in [-0.25, -0.2) is 0 Å². The molecule has 4 saturated heterocycles. The smallest absolute Gasteiger partial charge is 0.247 e. The minimum Gasteiger partial charge on any atom is -0.396 e. The van der Waals surface area contributed by atoms with Gasteiger partial charge in [0.15, 0.2) is 5.78 Å². The van der Waals surface area contributed by atoms with Crippen LogP contribution in [0.15, 0.2) is 84.9 Å². The molecule has 0 aliphatic carbocycles. The Hall–Kier alpha value is -6.62. The largest absolute Gasteiger partial charge is 0.396 e. The number of carbonyl (C=O) groups is 8. The molecule has 3 aromatic rings. The van der Waals surface area contributed by atoms with E-state index in [0.717, 1.165) is 11.1 Å². The number of Topliss-reactive ketones (excluding diaryl/α,β-unsaturated/α-hetero) is 1. The minimum atomic E-state index is -1.06. The first-order valence-electron chi connectivity index (χ1n) is 29.3. The molecular formula is C61H85N9O12. The molecule has 7 amide bonds. The monoisotopic (exact) mass is 1140 g/mol. The zero-order chi connectivity index (χ0) is 58.7. The number of benzene rings is 3. The highest BCUT2D eigenvalue weighted by molar-refractivity contribution is 5.97. The predicted octanol–water partition coefficient (Wildman–Crippen LogP) is 2.39. The maximum atomic E-state index is 14.2. The topological polar surface area (TPSA) is 286 Å². The first kappa shape index (κ1) is 63.0. The summed E-state index contributed by atoms with van der Waals surface area (Å²) >= 11 is 0. The number of hydrogen-bond acceptors (Lipinski definition) is 14. The maximum Gasteiger partial charge on any atom is 0.247 e. The Bertz CT molecular complexity index is 2430. The molecule has 4 aliphatic heterocycles. The number of fused-ring (bicyclic) bond motifs is 2. The fourth-order valence-corrected chi connectivity index (χ4v) is 12.1. The highest BCUT2D eigenvalue weighted by atomic mass is 16.5. The zero-order valence-corrected chi connectivity index (χ0v) is 47.8. The van der Waals surface area contributed by atoms with Gasteiger partial charge in [0.25, 0.3) is 0 Å². The van der Waals surface area contributed by atoms with Crippen molar-refractivity contribution in [3.05, 3.63) is 107 Å². The summed E-state index contributed by atoms with van der Waals surface area (Å²) in [4.78, 5) is 114. The van der Waals surface area contributed by atoms with Gasteiger partial charge >= 0.3 is 0 Å².